The second kappa shape index (κ2) is 7.62. The Balaban J connectivity index is 1.20. The van der Waals surface area contributed by atoms with Crippen molar-refractivity contribution in [3.63, 3.8) is 0 Å². The Bertz CT molecular complexity index is 1190. The van der Waals surface area contributed by atoms with Gasteiger partial charge >= 0.3 is 0 Å². The van der Waals surface area contributed by atoms with Gasteiger partial charge in [-0.1, -0.05) is 6.07 Å². The van der Waals surface area contributed by atoms with Gasteiger partial charge < -0.3 is 9.80 Å². The molecule has 0 atom stereocenters. The average molecular weight is 417 g/mol. The summed E-state index contributed by atoms with van der Waals surface area (Å²) in [4.78, 5) is 12.4. The summed E-state index contributed by atoms with van der Waals surface area (Å²) in [6, 6.07) is 6.81. The van der Waals surface area contributed by atoms with E-state index in [0.717, 1.165) is 41.1 Å². The number of rotatable bonds is 3. The molecule has 4 aromatic heterocycles. The Morgan fingerprint density at radius 3 is 2.45 bits per heavy atom. The second-order valence-corrected chi connectivity index (χ2v) is 8.78. The summed E-state index contributed by atoms with van der Waals surface area (Å²) in [5.41, 5.74) is 5.16. The van der Waals surface area contributed by atoms with E-state index in [-0.39, 0.29) is 0 Å². The highest BCUT2D eigenvalue weighted by atomic mass is 15.3. The molecule has 0 aromatic carbocycles. The van der Waals surface area contributed by atoms with Crippen molar-refractivity contribution in [1.29, 1.82) is 0 Å². The smallest absolute Gasteiger partial charge is 0.163 e. The molecule has 2 fully saturated rings. The standard InChI is InChI=1S/C23H28N8/c1-27-10-12-29(13-11-27)18-5-8-28(9-6-18)19-14-24-23-21(16-26-31(23)17-19)20-15-25-30-7-3-2-4-22(20)30/h2-4,7,14-18H,5-6,8-13H2,1H3. The molecule has 0 N–H and O–H groups in total. The number of piperazine rings is 1. The molecule has 2 aliphatic rings. The summed E-state index contributed by atoms with van der Waals surface area (Å²) >= 11 is 0. The molecule has 2 saturated heterocycles. The lowest BCUT2D eigenvalue weighted by Gasteiger charge is -2.42. The minimum absolute atomic E-state index is 0.716. The number of likely N-dealkylation sites (N-methyl/N-ethyl adjacent to an activating group) is 1. The van der Waals surface area contributed by atoms with Crippen LogP contribution in [0.15, 0.2) is 49.2 Å². The van der Waals surface area contributed by atoms with Crippen LogP contribution in [0.5, 0.6) is 0 Å². The van der Waals surface area contributed by atoms with Crippen LogP contribution in [0.2, 0.25) is 0 Å². The first-order valence-electron chi connectivity index (χ1n) is 11.2. The van der Waals surface area contributed by atoms with Crippen molar-refractivity contribution in [3.05, 3.63) is 49.2 Å². The third kappa shape index (κ3) is 3.36. The summed E-state index contributed by atoms with van der Waals surface area (Å²) in [5.74, 6) is 0. The largest absolute Gasteiger partial charge is 0.369 e. The van der Waals surface area contributed by atoms with Gasteiger partial charge in [0.1, 0.15) is 0 Å². The first-order chi connectivity index (χ1) is 15.3. The maximum Gasteiger partial charge on any atom is 0.163 e. The van der Waals surface area contributed by atoms with Crippen LogP contribution >= 0.6 is 0 Å². The zero-order chi connectivity index (χ0) is 20.8. The molecule has 31 heavy (non-hydrogen) atoms. The Kier molecular flexibility index (Phi) is 4.61. The number of fused-ring (bicyclic) bond motifs is 2. The van der Waals surface area contributed by atoms with Gasteiger partial charge in [-0.05, 0) is 32.0 Å². The van der Waals surface area contributed by atoms with Crippen molar-refractivity contribution in [2.24, 2.45) is 0 Å². The van der Waals surface area contributed by atoms with Gasteiger partial charge in [-0.3, -0.25) is 4.90 Å². The van der Waals surface area contributed by atoms with Crippen LogP contribution in [0.4, 0.5) is 5.69 Å². The monoisotopic (exact) mass is 416 g/mol. The van der Waals surface area contributed by atoms with Gasteiger partial charge in [-0.15, -0.1) is 0 Å². The van der Waals surface area contributed by atoms with Crippen molar-refractivity contribution in [2.45, 2.75) is 18.9 Å². The summed E-state index contributed by atoms with van der Waals surface area (Å²) in [6.07, 6.45) is 12.3. The summed E-state index contributed by atoms with van der Waals surface area (Å²) in [7, 11) is 2.22. The molecule has 8 nitrogen and oxygen atoms in total. The predicted octanol–water partition coefficient (Wildman–Crippen LogP) is 2.26. The van der Waals surface area contributed by atoms with E-state index in [0.29, 0.717) is 6.04 Å². The lowest BCUT2D eigenvalue weighted by atomic mass is 10.0. The van der Waals surface area contributed by atoms with Crippen molar-refractivity contribution >= 4 is 16.9 Å². The number of anilines is 1. The van der Waals surface area contributed by atoms with E-state index in [1.807, 2.05) is 46.0 Å². The Hall–Kier alpha value is -2.97. The molecule has 0 radical (unpaired) electrons. The molecule has 6 rings (SSSR count). The first-order valence-corrected chi connectivity index (χ1v) is 11.2. The fourth-order valence-electron chi connectivity index (χ4n) is 5.04. The normalized spacial score (nSPS) is 19.6. The summed E-state index contributed by atoms with van der Waals surface area (Å²) in [5, 5.41) is 9.07. The van der Waals surface area contributed by atoms with Crippen molar-refractivity contribution in [2.75, 3.05) is 51.2 Å². The summed E-state index contributed by atoms with van der Waals surface area (Å²) in [6.45, 7) is 6.94. The van der Waals surface area contributed by atoms with Gasteiger partial charge in [0.05, 0.1) is 41.6 Å². The number of hydrogen-bond donors (Lipinski definition) is 0. The van der Waals surface area contributed by atoms with Crippen LogP contribution in [-0.2, 0) is 0 Å². The highest BCUT2D eigenvalue weighted by Gasteiger charge is 2.27. The molecular formula is C23H28N8. The van der Waals surface area contributed by atoms with E-state index in [2.05, 4.69) is 44.2 Å². The molecule has 0 bridgehead atoms. The molecular weight excluding hydrogens is 388 g/mol. The third-order valence-electron chi connectivity index (χ3n) is 6.94. The van der Waals surface area contributed by atoms with Crippen molar-refractivity contribution < 1.29 is 0 Å². The minimum Gasteiger partial charge on any atom is -0.369 e. The number of pyridine rings is 1. The molecule has 6 heterocycles. The van der Waals surface area contributed by atoms with E-state index in [1.54, 1.807) is 0 Å². The lowest BCUT2D eigenvalue weighted by molar-refractivity contribution is 0.0982. The molecule has 2 aliphatic heterocycles. The molecule has 160 valence electrons. The fraction of sp³-hybridized carbons (Fsp3) is 0.435. The average Bonchev–Trinajstić information content (AvgIpc) is 3.43. The maximum absolute atomic E-state index is 4.80. The molecule has 0 saturated carbocycles. The number of hydrogen-bond acceptors (Lipinski definition) is 6. The van der Waals surface area contributed by atoms with Gasteiger partial charge in [0.2, 0.25) is 0 Å². The Morgan fingerprint density at radius 2 is 1.61 bits per heavy atom. The molecule has 0 aliphatic carbocycles. The van der Waals surface area contributed by atoms with Gasteiger partial charge in [-0.25, -0.2) is 14.0 Å². The molecule has 4 aromatic rings. The van der Waals surface area contributed by atoms with Gasteiger partial charge in [0, 0.05) is 57.1 Å². The molecule has 0 spiro atoms. The number of nitrogens with zero attached hydrogens (tertiary/aromatic N) is 8. The van der Waals surface area contributed by atoms with Crippen LogP contribution in [0, 0.1) is 0 Å². The molecule has 8 heteroatoms. The minimum atomic E-state index is 0.716. The van der Waals surface area contributed by atoms with Crippen LogP contribution in [0.1, 0.15) is 12.8 Å². The van der Waals surface area contributed by atoms with Crippen LogP contribution in [0.3, 0.4) is 0 Å². The lowest BCUT2D eigenvalue weighted by Crippen LogP contribution is -2.52. The topological polar surface area (TPSA) is 57.2 Å². The van der Waals surface area contributed by atoms with Crippen molar-refractivity contribution in [3.8, 4) is 11.1 Å². The quantitative estimate of drug-likeness (QED) is 0.511. The first kappa shape index (κ1) is 18.8. The second-order valence-electron chi connectivity index (χ2n) is 8.78. The van der Waals surface area contributed by atoms with Crippen molar-refractivity contribution in [1.82, 2.24) is 34.0 Å². The SMILES string of the molecule is CN1CCN(C2CCN(c3cnc4c(-c5cnn6ccccc56)cnn4c3)CC2)CC1. The highest BCUT2D eigenvalue weighted by molar-refractivity contribution is 5.87. The fourth-order valence-corrected chi connectivity index (χ4v) is 5.04. The number of aromatic nitrogens is 5. The van der Waals surface area contributed by atoms with E-state index in [4.69, 9.17) is 4.98 Å². The van der Waals surface area contributed by atoms with Crippen LogP contribution in [-0.4, -0.2) is 86.4 Å². The zero-order valence-electron chi connectivity index (χ0n) is 17.9. The van der Waals surface area contributed by atoms with E-state index in [9.17, 15) is 0 Å². The Labute approximate surface area is 181 Å². The van der Waals surface area contributed by atoms with Gasteiger partial charge in [-0.2, -0.15) is 10.2 Å². The van der Waals surface area contributed by atoms with E-state index >= 15 is 0 Å². The maximum atomic E-state index is 4.80. The highest BCUT2D eigenvalue weighted by Crippen LogP contribution is 2.29. The predicted molar refractivity (Wildman–Crippen MR) is 121 cm³/mol. The van der Waals surface area contributed by atoms with Crippen LogP contribution < -0.4 is 4.90 Å². The zero-order valence-corrected chi connectivity index (χ0v) is 17.9. The van der Waals surface area contributed by atoms with E-state index < -0.39 is 0 Å². The van der Waals surface area contributed by atoms with E-state index in [1.165, 1.54) is 39.0 Å². The van der Waals surface area contributed by atoms with Crippen LogP contribution in [0.25, 0.3) is 22.3 Å². The molecule has 0 amide bonds. The summed E-state index contributed by atoms with van der Waals surface area (Å²) < 4.78 is 3.79. The number of piperidine rings is 1. The van der Waals surface area contributed by atoms with Gasteiger partial charge in [0.15, 0.2) is 5.65 Å². The molecule has 0 unspecified atom stereocenters. The Morgan fingerprint density at radius 1 is 0.839 bits per heavy atom. The third-order valence-corrected chi connectivity index (χ3v) is 6.94. The van der Waals surface area contributed by atoms with Gasteiger partial charge in [0.25, 0.3) is 0 Å².